The first-order chi connectivity index (χ1) is 15.0. The largest absolute Gasteiger partial charge is 0.466 e. The SMILES string of the molecule is CCOC(=O)[C@@H]1CCCN(CC(=O)N2C[C@@H](c3ccc(F)cc3)[C@H](c3csnn3)C2)C1. The van der Waals surface area contributed by atoms with Crippen LogP contribution in [0.1, 0.15) is 42.9 Å². The van der Waals surface area contributed by atoms with Crippen molar-refractivity contribution in [2.24, 2.45) is 5.92 Å². The molecule has 0 N–H and O–H groups in total. The molecule has 1 amide bonds. The number of likely N-dealkylation sites (tertiary alicyclic amines) is 2. The molecular formula is C22H27FN4O3S. The number of carbonyl (C=O) groups is 2. The number of nitrogens with zero attached hydrogens (tertiary/aromatic N) is 4. The van der Waals surface area contributed by atoms with Crippen molar-refractivity contribution < 1.29 is 18.7 Å². The Hall–Kier alpha value is -2.39. The molecular weight excluding hydrogens is 419 g/mol. The zero-order chi connectivity index (χ0) is 21.8. The molecule has 0 spiro atoms. The van der Waals surface area contributed by atoms with Crippen LogP contribution in [0.4, 0.5) is 4.39 Å². The minimum absolute atomic E-state index is 0.0294. The first-order valence-corrected chi connectivity index (χ1v) is 11.6. The van der Waals surface area contributed by atoms with E-state index in [9.17, 15) is 14.0 Å². The minimum Gasteiger partial charge on any atom is -0.466 e. The molecule has 2 aromatic rings. The van der Waals surface area contributed by atoms with E-state index in [1.165, 1.54) is 23.7 Å². The van der Waals surface area contributed by atoms with E-state index in [1.54, 1.807) is 19.1 Å². The van der Waals surface area contributed by atoms with Gasteiger partial charge in [0.25, 0.3) is 0 Å². The average molecular weight is 447 g/mol. The molecule has 1 aromatic heterocycles. The van der Waals surface area contributed by atoms with Gasteiger partial charge in [0.15, 0.2) is 0 Å². The highest BCUT2D eigenvalue weighted by molar-refractivity contribution is 7.03. The van der Waals surface area contributed by atoms with Gasteiger partial charge >= 0.3 is 5.97 Å². The maximum Gasteiger partial charge on any atom is 0.310 e. The lowest BCUT2D eigenvalue weighted by atomic mass is 9.87. The lowest BCUT2D eigenvalue weighted by molar-refractivity contribution is -0.150. The van der Waals surface area contributed by atoms with Gasteiger partial charge in [-0.2, -0.15) is 0 Å². The maximum absolute atomic E-state index is 13.4. The topological polar surface area (TPSA) is 75.6 Å². The molecule has 3 heterocycles. The lowest BCUT2D eigenvalue weighted by Crippen LogP contribution is -2.45. The van der Waals surface area contributed by atoms with Crippen molar-refractivity contribution >= 4 is 23.4 Å². The summed E-state index contributed by atoms with van der Waals surface area (Å²) < 4.78 is 22.6. The third-order valence-corrected chi connectivity index (χ3v) is 6.73. The van der Waals surface area contributed by atoms with Crippen LogP contribution in [0.5, 0.6) is 0 Å². The number of benzene rings is 1. The highest BCUT2D eigenvalue weighted by atomic mass is 32.1. The van der Waals surface area contributed by atoms with Gasteiger partial charge in [0.1, 0.15) is 5.82 Å². The van der Waals surface area contributed by atoms with Gasteiger partial charge in [-0.15, -0.1) is 5.10 Å². The fourth-order valence-corrected chi connectivity index (χ4v) is 5.15. The molecule has 9 heteroatoms. The summed E-state index contributed by atoms with van der Waals surface area (Å²) in [5.41, 5.74) is 1.87. The quantitative estimate of drug-likeness (QED) is 0.635. The Bertz CT molecular complexity index is 893. The van der Waals surface area contributed by atoms with Gasteiger partial charge in [-0.05, 0) is 55.5 Å². The van der Waals surface area contributed by atoms with Gasteiger partial charge in [-0.25, -0.2) is 4.39 Å². The molecule has 0 unspecified atom stereocenters. The second-order valence-corrected chi connectivity index (χ2v) is 8.83. The number of piperidine rings is 1. The minimum atomic E-state index is -0.275. The number of halogens is 1. The van der Waals surface area contributed by atoms with E-state index in [0.717, 1.165) is 30.6 Å². The summed E-state index contributed by atoms with van der Waals surface area (Å²) in [7, 11) is 0. The zero-order valence-electron chi connectivity index (χ0n) is 17.6. The van der Waals surface area contributed by atoms with Crippen molar-refractivity contribution in [2.45, 2.75) is 31.6 Å². The van der Waals surface area contributed by atoms with Crippen LogP contribution in [0.15, 0.2) is 29.6 Å². The predicted octanol–water partition coefficient (Wildman–Crippen LogP) is 2.66. The first kappa shape index (κ1) is 21.8. The first-order valence-electron chi connectivity index (χ1n) is 10.7. The monoisotopic (exact) mass is 446 g/mol. The molecule has 166 valence electrons. The number of ether oxygens (including phenoxy) is 1. The summed E-state index contributed by atoms with van der Waals surface area (Å²) in [6.07, 6.45) is 1.68. The molecule has 7 nitrogen and oxygen atoms in total. The number of hydrogen-bond acceptors (Lipinski definition) is 7. The third kappa shape index (κ3) is 5.10. The summed E-state index contributed by atoms with van der Waals surface area (Å²) in [4.78, 5) is 29.2. The van der Waals surface area contributed by atoms with E-state index in [0.29, 0.717) is 26.2 Å². The molecule has 0 saturated carbocycles. The summed E-state index contributed by atoms with van der Waals surface area (Å²) in [5, 5.41) is 6.16. The fourth-order valence-electron chi connectivity index (χ4n) is 4.63. The van der Waals surface area contributed by atoms with E-state index < -0.39 is 0 Å². The number of hydrogen-bond donors (Lipinski definition) is 0. The van der Waals surface area contributed by atoms with Crippen molar-refractivity contribution in [3.63, 3.8) is 0 Å². The number of amides is 1. The molecule has 31 heavy (non-hydrogen) atoms. The van der Waals surface area contributed by atoms with E-state index in [2.05, 4.69) is 14.5 Å². The molecule has 2 aliphatic heterocycles. The normalized spacial score (nSPS) is 24.3. The van der Waals surface area contributed by atoms with Crippen LogP contribution < -0.4 is 0 Å². The Labute approximate surface area is 185 Å². The van der Waals surface area contributed by atoms with E-state index in [-0.39, 0.29) is 42.0 Å². The summed E-state index contributed by atoms with van der Waals surface area (Å²) in [6.45, 7) is 4.94. The lowest BCUT2D eigenvalue weighted by Gasteiger charge is -2.32. The summed E-state index contributed by atoms with van der Waals surface area (Å²) in [6, 6.07) is 6.49. The van der Waals surface area contributed by atoms with Crippen molar-refractivity contribution in [3.8, 4) is 0 Å². The summed E-state index contributed by atoms with van der Waals surface area (Å²) in [5.74, 6) is -0.497. The molecule has 4 rings (SSSR count). The van der Waals surface area contributed by atoms with E-state index in [1.807, 2.05) is 10.3 Å². The average Bonchev–Trinajstić information content (AvgIpc) is 3.45. The second-order valence-electron chi connectivity index (χ2n) is 8.22. The highest BCUT2D eigenvalue weighted by Crippen LogP contribution is 2.39. The van der Waals surface area contributed by atoms with Crippen molar-refractivity contribution in [1.82, 2.24) is 19.4 Å². The number of esters is 1. The van der Waals surface area contributed by atoms with Crippen molar-refractivity contribution in [2.75, 3.05) is 39.3 Å². The molecule has 0 bridgehead atoms. The Balaban J connectivity index is 1.43. The van der Waals surface area contributed by atoms with Crippen LogP contribution in [0.25, 0.3) is 0 Å². The number of carbonyl (C=O) groups excluding carboxylic acids is 2. The van der Waals surface area contributed by atoms with Crippen LogP contribution in [-0.4, -0.2) is 70.6 Å². The smallest absolute Gasteiger partial charge is 0.310 e. The Morgan fingerprint density at radius 1 is 1.19 bits per heavy atom. The third-order valence-electron chi connectivity index (χ3n) is 6.21. The van der Waals surface area contributed by atoms with Crippen LogP contribution >= 0.6 is 11.5 Å². The fraction of sp³-hybridized carbons (Fsp3) is 0.545. The molecule has 2 aliphatic rings. The van der Waals surface area contributed by atoms with Crippen molar-refractivity contribution in [1.29, 1.82) is 0 Å². The molecule has 0 aliphatic carbocycles. The summed E-state index contributed by atoms with van der Waals surface area (Å²) >= 11 is 1.29. The Morgan fingerprint density at radius 2 is 1.97 bits per heavy atom. The standard InChI is InChI=1S/C22H27FN4O3S/c1-2-30-22(29)16-4-3-9-26(10-16)13-21(28)27-11-18(15-5-7-17(23)8-6-15)19(12-27)20-14-31-25-24-20/h5-8,14,16,18-19H,2-4,9-13H2,1H3/t16-,18+,19-/m1/s1. The van der Waals surface area contributed by atoms with Crippen LogP contribution in [-0.2, 0) is 14.3 Å². The Morgan fingerprint density at radius 3 is 2.68 bits per heavy atom. The second kappa shape index (κ2) is 9.82. The number of aromatic nitrogens is 2. The van der Waals surface area contributed by atoms with Crippen LogP contribution in [0.3, 0.4) is 0 Å². The molecule has 3 atom stereocenters. The highest BCUT2D eigenvalue weighted by Gasteiger charge is 2.39. The van der Waals surface area contributed by atoms with Crippen LogP contribution in [0, 0.1) is 11.7 Å². The molecule has 0 radical (unpaired) electrons. The molecule has 2 saturated heterocycles. The van der Waals surface area contributed by atoms with Gasteiger partial charge in [-0.3, -0.25) is 14.5 Å². The maximum atomic E-state index is 13.4. The van der Waals surface area contributed by atoms with Crippen molar-refractivity contribution in [3.05, 3.63) is 46.7 Å². The molecule has 2 fully saturated rings. The van der Waals surface area contributed by atoms with Crippen LogP contribution in [0.2, 0.25) is 0 Å². The van der Waals surface area contributed by atoms with Gasteiger partial charge in [0.2, 0.25) is 5.91 Å². The van der Waals surface area contributed by atoms with Gasteiger partial charge in [-0.1, -0.05) is 16.6 Å². The predicted molar refractivity (Wildman–Crippen MR) is 114 cm³/mol. The van der Waals surface area contributed by atoms with E-state index in [4.69, 9.17) is 4.74 Å². The van der Waals surface area contributed by atoms with Gasteiger partial charge < -0.3 is 9.64 Å². The van der Waals surface area contributed by atoms with Gasteiger partial charge in [0.05, 0.1) is 24.8 Å². The number of rotatable bonds is 6. The zero-order valence-corrected chi connectivity index (χ0v) is 18.4. The molecule has 1 aromatic carbocycles. The Kier molecular flexibility index (Phi) is 6.92. The van der Waals surface area contributed by atoms with Gasteiger partial charge in [0, 0.05) is 36.9 Å². The van der Waals surface area contributed by atoms with E-state index >= 15 is 0 Å².